The van der Waals surface area contributed by atoms with Gasteiger partial charge in [0.25, 0.3) is 0 Å². The molecule has 0 N–H and O–H groups in total. The summed E-state index contributed by atoms with van der Waals surface area (Å²) in [6.07, 6.45) is 5.18. The van der Waals surface area contributed by atoms with E-state index in [0.29, 0.717) is 11.3 Å². The summed E-state index contributed by atoms with van der Waals surface area (Å²) in [5.74, 6) is 0.179. The molecule has 1 aromatic rings. The van der Waals surface area contributed by atoms with Crippen molar-refractivity contribution in [2.75, 3.05) is 0 Å². The lowest BCUT2D eigenvalue weighted by Gasteiger charge is -2.27. The zero-order chi connectivity index (χ0) is 15.5. The SMILES string of the molecule is CC(=O)OC1=CC=C2C=C(C(C)=O)c3ccccc3[C@@]23O[C@H]13. The van der Waals surface area contributed by atoms with Crippen LogP contribution in [0.4, 0.5) is 0 Å². The van der Waals surface area contributed by atoms with Crippen LogP contribution in [0.1, 0.15) is 25.0 Å². The lowest BCUT2D eigenvalue weighted by atomic mass is 9.75. The minimum atomic E-state index is -0.616. The van der Waals surface area contributed by atoms with Crippen molar-refractivity contribution in [2.45, 2.75) is 25.6 Å². The number of allylic oxidation sites excluding steroid dienone is 3. The molecule has 2 atom stereocenters. The van der Waals surface area contributed by atoms with Gasteiger partial charge in [0, 0.05) is 12.5 Å². The molecule has 0 amide bonds. The number of rotatable bonds is 2. The van der Waals surface area contributed by atoms with Crippen LogP contribution >= 0.6 is 0 Å². The summed E-state index contributed by atoms with van der Waals surface area (Å²) in [7, 11) is 0. The maximum absolute atomic E-state index is 11.9. The second-order valence-corrected chi connectivity index (χ2v) is 5.68. The van der Waals surface area contributed by atoms with Crippen LogP contribution in [-0.2, 0) is 24.7 Å². The molecule has 4 rings (SSSR count). The van der Waals surface area contributed by atoms with Crippen molar-refractivity contribution in [3.05, 3.63) is 65.0 Å². The standard InChI is InChI=1S/C18H14O4/c1-10(19)14-9-12-7-8-16(21-11(2)20)17-18(12,22-17)15-6-4-3-5-13(14)15/h3-9,17H,1-2H3/t17-,18+/m1/s1. The van der Waals surface area contributed by atoms with Gasteiger partial charge in [-0.15, -0.1) is 0 Å². The fourth-order valence-electron chi connectivity index (χ4n) is 3.35. The van der Waals surface area contributed by atoms with Crippen molar-refractivity contribution in [2.24, 2.45) is 0 Å². The number of hydrogen-bond acceptors (Lipinski definition) is 4. The Kier molecular flexibility index (Phi) is 2.57. The first-order valence-corrected chi connectivity index (χ1v) is 7.15. The van der Waals surface area contributed by atoms with Gasteiger partial charge in [-0.1, -0.05) is 30.3 Å². The number of fused-ring (bicyclic) bond motifs is 1. The van der Waals surface area contributed by atoms with Gasteiger partial charge in [-0.05, 0) is 35.8 Å². The average Bonchev–Trinajstić information content (AvgIpc) is 3.22. The maximum atomic E-state index is 11.9. The second kappa shape index (κ2) is 4.27. The third-order valence-corrected chi connectivity index (χ3v) is 4.29. The molecule has 1 fully saturated rings. The Labute approximate surface area is 127 Å². The molecule has 0 aromatic heterocycles. The van der Waals surface area contributed by atoms with Crippen molar-refractivity contribution in [1.82, 2.24) is 0 Å². The quantitative estimate of drug-likeness (QED) is 0.621. The molecule has 1 saturated heterocycles. The van der Waals surface area contributed by atoms with Gasteiger partial charge in [-0.2, -0.15) is 0 Å². The summed E-state index contributed by atoms with van der Waals surface area (Å²) in [5.41, 5.74) is 2.84. The van der Waals surface area contributed by atoms with Crippen molar-refractivity contribution < 1.29 is 19.1 Å². The Balaban J connectivity index is 1.89. The Hall–Kier alpha value is -2.46. The van der Waals surface area contributed by atoms with E-state index in [2.05, 4.69) is 0 Å². The number of Topliss-reactive ketones (excluding diaryl/α,β-unsaturated/α-hetero) is 1. The summed E-state index contributed by atoms with van der Waals surface area (Å²) in [5, 5.41) is 0. The zero-order valence-corrected chi connectivity index (χ0v) is 12.3. The van der Waals surface area contributed by atoms with Crippen molar-refractivity contribution in [1.29, 1.82) is 0 Å². The molecule has 0 bridgehead atoms. The third kappa shape index (κ3) is 1.61. The molecule has 0 unspecified atom stereocenters. The van der Waals surface area contributed by atoms with E-state index in [4.69, 9.17) is 9.47 Å². The van der Waals surface area contributed by atoms with E-state index in [0.717, 1.165) is 16.7 Å². The normalized spacial score (nSPS) is 27.4. The molecular formula is C18H14O4. The van der Waals surface area contributed by atoms with Gasteiger partial charge in [0.2, 0.25) is 0 Å². The molecule has 3 aliphatic rings. The molecule has 0 radical (unpaired) electrons. The summed E-state index contributed by atoms with van der Waals surface area (Å²) >= 11 is 0. The molecular weight excluding hydrogens is 280 g/mol. The predicted octanol–water partition coefficient (Wildman–Crippen LogP) is 2.65. The fourth-order valence-corrected chi connectivity index (χ4v) is 3.35. The molecule has 1 heterocycles. The number of carbonyl (C=O) groups excluding carboxylic acids is 2. The van der Waals surface area contributed by atoms with Crippen LogP contribution in [0.25, 0.3) is 5.57 Å². The minimum absolute atomic E-state index is 0.0233. The van der Waals surface area contributed by atoms with Gasteiger partial charge in [-0.25, -0.2) is 0 Å². The first-order valence-electron chi connectivity index (χ1n) is 7.15. The van der Waals surface area contributed by atoms with E-state index in [1.54, 1.807) is 13.0 Å². The first kappa shape index (κ1) is 13.2. The highest BCUT2D eigenvalue weighted by molar-refractivity contribution is 6.21. The number of carbonyl (C=O) groups is 2. The number of ketones is 1. The van der Waals surface area contributed by atoms with Gasteiger partial charge in [0.1, 0.15) is 5.76 Å². The monoisotopic (exact) mass is 294 g/mol. The Morgan fingerprint density at radius 1 is 1.18 bits per heavy atom. The van der Waals surface area contributed by atoms with Crippen LogP contribution in [0.15, 0.2) is 53.8 Å². The van der Waals surface area contributed by atoms with E-state index < -0.39 is 5.60 Å². The molecule has 0 saturated carbocycles. The minimum Gasteiger partial charge on any atom is -0.428 e. The van der Waals surface area contributed by atoms with E-state index in [1.807, 2.05) is 36.4 Å². The third-order valence-electron chi connectivity index (χ3n) is 4.29. The summed E-state index contributed by atoms with van der Waals surface area (Å²) in [4.78, 5) is 23.2. The van der Waals surface area contributed by atoms with Crippen LogP contribution < -0.4 is 0 Å². The Morgan fingerprint density at radius 3 is 2.68 bits per heavy atom. The smallest absolute Gasteiger partial charge is 0.307 e. The van der Waals surface area contributed by atoms with Crippen LogP contribution in [-0.4, -0.2) is 17.9 Å². The Bertz CT molecular complexity index is 812. The molecule has 1 spiro atoms. The molecule has 22 heavy (non-hydrogen) atoms. The highest BCUT2D eigenvalue weighted by atomic mass is 16.6. The fraction of sp³-hybridized carbons (Fsp3) is 0.222. The van der Waals surface area contributed by atoms with E-state index in [1.165, 1.54) is 6.92 Å². The van der Waals surface area contributed by atoms with Crippen LogP contribution in [0.5, 0.6) is 0 Å². The number of esters is 1. The van der Waals surface area contributed by atoms with Crippen LogP contribution in [0.2, 0.25) is 0 Å². The average molecular weight is 294 g/mol. The topological polar surface area (TPSA) is 55.9 Å². The van der Waals surface area contributed by atoms with E-state index >= 15 is 0 Å². The highest BCUT2D eigenvalue weighted by Crippen LogP contribution is 2.60. The lowest BCUT2D eigenvalue weighted by molar-refractivity contribution is -0.137. The number of benzene rings is 1. The maximum Gasteiger partial charge on any atom is 0.307 e. The van der Waals surface area contributed by atoms with Crippen molar-refractivity contribution in [3.8, 4) is 0 Å². The van der Waals surface area contributed by atoms with Crippen LogP contribution in [0, 0.1) is 0 Å². The van der Waals surface area contributed by atoms with Crippen molar-refractivity contribution in [3.63, 3.8) is 0 Å². The van der Waals surface area contributed by atoms with Gasteiger partial charge in [-0.3, -0.25) is 9.59 Å². The Morgan fingerprint density at radius 2 is 1.95 bits per heavy atom. The lowest BCUT2D eigenvalue weighted by Crippen LogP contribution is -2.25. The summed E-state index contributed by atoms with van der Waals surface area (Å²) < 4.78 is 11.2. The highest BCUT2D eigenvalue weighted by Gasteiger charge is 2.65. The molecule has 110 valence electrons. The summed E-state index contributed by atoms with van der Waals surface area (Å²) in [6, 6.07) is 7.73. The molecule has 1 aromatic carbocycles. The predicted molar refractivity (Wildman–Crippen MR) is 79.6 cm³/mol. The summed E-state index contributed by atoms with van der Waals surface area (Å²) in [6.45, 7) is 2.94. The molecule has 1 aliphatic heterocycles. The van der Waals surface area contributed by atoms with E-state index in [-0.39, 0.29) is 17.9 Å². The van der Waals surface area contributed by atoms with Crippen molar-refractivity contribution >= 4 is 17.3 Å². The number of hydrogen-bond donors (Lipinski definition) is 0. The number of ether oxygens (including phenoxy) is 2. The first-order chi connectivity index (χ1) is 10.5. The largest absolute Gasteiger partial charge is 0.428 e. The zero-order valence-electron chi connectivity index (χ0n) is 12.3. The van der Waals surface area contributed by atoms with Gasteiger partial charge in [0.15, 0.2) is 17.5 Å². The molecule has 4 heteroatoms. The molecule has 2 aliphatic carbocycles. The van der Waals surface area contributed by atoms with Gasteiger partial charge < -0.3 is 9.47 Å². The second-order valence-electron chi connectivity index (χ2n) is 5.68. The van der Waals surface area contributed by atoms with E-state index in [9.17, 15) is 9.59 Å². The molecule has 4 nitrogen and oxygen atoms in total. The van der Waals surface area contributed by atoms with Crippen LogP contribution in [0.3, 0.4) is 0 Å². The number of epoxide rings is 1. The van der Waals surface area contributed by atoms with Gasteiger partial charge in [0.05, 0.1) is 0 Å². The van der Waals surface area contributed by atoms with Gasteiger partial charge >= 0.3 is 5.97 Å².